The van der Waals surface area contributed by atoms with E-state index in [1.54, 1.807) is 0 Å². The SMILES string of the molecule is CC(C)OCCNS(=O)(=O)c1cc(Cl)ccc1N. The number of anilines is 1. The number of rotatable bonds is 6. The molecule has 0 heterocycles. The maximum atomic E-state index is 11.9. The molecular formula is C11H17ClN2O3S. The van der Waals surface area contributed by atoms with E-state index < -0.39 is 10.0 Å². The average molecular weight is 293 g/mol. The molecule has 0 saturated heterocycles. The topological polar surface area (TPSA) is 81.4 Å². The van der Waals surface area contributed by atoms with Gasteiger partial charge in [-0.2, -0.15) is 0 Å². The van der Waals surface area contributed by atoms with Crippen molar-refractivity contribution < 1.29 is 13.2 Å². The molecule has 7 heteroatoms. The molecule has 0 amide bonds. The molecule has 0 aliphatic rings. The zero-order chi connectivity index (χ0) is 13.8. The summed E-state index contributed by atoms with van der Waals surface area (Å²) in [4.78, 5) is -0.0143. The van der Waals surface area contributed by atoms with Gasteiger partial charge in [0.2, 0.25) is 10.0 Å². The van der Waals surface area contributed by atoms with Gasteiger partial charge in [0.05, 0.1) is 18.4 Å². The van der Waals surface area contributed by atoms with Crippen LogP contribution in [0.2, 0.25) is 5.02 Å². The van der Waals surface area contributed by atoms with E-state index in [4.69, 9.17) is 22.1 Å². The summed E-state index contributed by atoms with van der Waals surface area (Å²) >= 11 is 5.75. The van der Waals surface area contributed by atoms with E-state index in [0.717, 1.165) is 0 Å². The van der Waals surface area contributed by atoms with E-state index in [-0.39, 0.29) is 23.2 Å². The van der Waals surface area contributed by atoms with Crippen LogP contribution in [0.4, 0.5) is 5.69 Å². The highest BCUT2D eigenvalue weighted by Gasteiger charge is 2.17. The van der Waals surface area contributed by atoms with Gasteiger partial charge in [-0.3, -0.25) is 0 Å². The Balaban J connectivity index is 2.71. The van der Waals surface area contributed by atoms with E-state index >= 15 is 0 Å². The summed E-state index contributed by atoms with van der Waals surface area (Å²) in [5.74, 6) is 0. The monoisotopic (exact) mass is 292 g/mol. The maximum Gasteiger partial charge on any atom is 0.242 e. The van der Waals surface area contributed by atoms with Crippen LogP contribution < -0.4 is 10.5 Å². The van der Waals surface area contributed by atoms with Gasteiger partial charge < -0.3 is 10.5 Å². The first-order chi connectivity index (χ1) is 8.33. The van der Waals surface area contributed by atoms with Crippen LogP contribution in [0, 0.1) is 0 Å². The number of ether oxygens (including phenoxy) is 1. The summed E-state index contributed by atoms with van der Waals surface area (Å²) in [6.45, 7) is 4.25. The Kier molecular flexibility index (Phi) is 5.40. The van der Waals surface area contributed by atoms with E-state index in [2.05, 4.69) is 4.72 Å². The van der Waals surface area contributed by atoms with Crippen molar-refractivity contribution in [3.8, 4) is 0 Å². The molecule has 0 atom stereocenters. The van der Waals surface area contributed by atoms with Crippen molar-refractivity contribution in [2.24, 2.45) is 0 Å². The van der Waals surface area contributed by atoms with Crippen molar-refractivity contribution >= 4 is 27.3 Å². The molecule has 0 saturated carbocycles. The largest absolute Gasteiger partial charge is 0.398 e. The van der Waals surface area contributed by atoms with E-state index in [9.17, 15) is 8.42 Å². The molecule has 0 unspecified atom stereocenters. The fourth-order valence-corrected chi connectivity index (χ4v) is 2.69. The Bertz CT molecular complexity index is 503. The third-order valence-electron chi connectivity index (χ3n) is 2.11. The van der Waals surface area contributed by atoms with Crippen LogP contribution >= 0.6 is 11.6 Å². The predicted molar refractivity (Wildman–Crippen MR) is 72.1 cm³/mol. The molecule has 0 spiro atoms. The van der Waals surface area contributed by atoms with Crippen LogP contribution in [0.25, 0.3) is 0 Å². The first kappa shape index (κ1) is 15.2. The van der Waals surface area contributed by atoms with Crippen molar-refractivity contribution in [1.29, 1.82) is 0 Å². The summed E-state index contributed by atoms with van der Waals surface area (Å²) in [7, 11) is -3.65. The number of hydrogen-bond donors (Lipinski definition) is 2. The van der Waals surface area contributed by atoms with Crippen LogP contribution in [0.5, 0.6) is 0 Å². The Morgan fingerprint density at radius 1 is 1.44 bits per heavy atom. The number of nitrogen functional groups attached to an aromatic ring is 1. The summed E-state index contributed by atoms with van der Waals surface area (Å²) < 4.78 is 31.5. The van der Waals surface area contributed by atoms with Gasteiger partial charge in [0.1, 0.15) is 4.90 Å². The molecule has 18 heavy (non-hydrogen) atoms. The fraction of sp³-hybridized carbons (Fsp3) is 0.455. The lowest BCUT2D eigenvalue weighted by Gasteiger charge is -2.11. The quantitative estimate of drug-likeness (QED) is 0.617. The van der Waals surface area contributed by atoms with E-state index in [1.807, 2.05) is 13.8 Å². The third-order valence-corrected chi connectivity index (χ3v) is 3.86. The third kappa shape index (κ3) is 4.45. The highest BCUT2D eigenvalue weighted by Crippen LogP contribution is 2.22. The molecule has 0 radical (unpaired) electrons. The zero-order valence-corrected chi connectivity index (χ0v) is 11.9. The average Bonchev–Trinajstić information content (AvgIpc) is 2.27. The number of nitrogens with one attached hydrogen (secondary N) is 1. The molecule has 5 nitrogen and oxygen atoms in total. The molecule has 0 aliphatic carbocycles. The van der Waals surface area contributed by atoms with Gasteiger partial charge in [-0.05, 0) is 32.0 Å². The Labute approximate surface area is 112 Å². The summed E-state index contributed by atoms with van der Waals surface area (Å²) in [6, 6.07) is 4.32. The fourth-order valence-electron chi connectivity index (χ4n) is 1.29. The second-order valence-electron chi connectivity index (χ2n) is 4.00. The van der Waals surface area contributed by atoms with Crippen molar-refractivity contribution in [3.05, 3.63) is 23.2 Å². The van der Waals surface area contributed by atoms with Gasteiger partial charge in [0.25, 0.3) is 0 Å². The molecule has 0 bridgehead atoms. The molecule has 102 valence electrons. The molecular weight excluding hydrogens is 276 g/mol. The first-order valence-corrected chi connectivity index (χ1v) is 7.35. The number of nitrogens with two attached hydrogens (primary N) is 1. The van der Waals surface area contributed by atoms with Crippen LogP contribution in [0.15, 0.2) is 23.1 Å². The number of sulfonamides is 1. The van der Waals surface area contributed by atoms with E-state index in [0.29, 0.717) is 11.6 Å². The molecule has 0 aliphatic heterocycles. The highest BCUT2D eigenvalue weighted by molar-refractivity contribution is 7.89. The second-order valence-corrected chi connectivity index (χ2v) is 6.17. The van der Waals surface area contributed by atoms with Crippen LogP contribution in [0.3, 0.4) is 0 Å². The molecule has 1 rings (SSSR count). The predicted octanol–water partition coefficient (Wildman–Crippen LogP) is 1.63. The number of hydrogen-bond acceptors (Lipinski definition) is 4. The van der Waals surface area contributed by atoms with Gasteiger partial charge in [0.15, 0.2) is 0 Å². The van der Waals surface area contributed by atoms with Gasteiger partial charge in [-0.25, -0.2) is 13.1 Å². The lowest BCUT2D eigenvalue weighted by atomic mass is 10.3. The Morgan fingerprint density at radius 3 is 2.72 bits per heavy atom. The van der Waals surface area contributed by atoms with Gasteiger partial charge in [-0.15, -0.1) is 0 Å². The number of halogens is 1. The molecule has 0 fully saturated rings. The summed E-state index contributed by atoms with van der Waals surface area (Å²) in [5.41, 5.74) is 5.78. The van der Waals surface area contributed by atoms with Gasteiger partial charge in [-0.1, -0.05) is 11.6 Å². The van der Waals surface area contributed by atoms with Crippen LogP contribution in [0.1, 0.15) is 13.8 Å². The molecule has 0 aromatic heterocycles. The summed E-state index contributed by atoms with van der Waals surface area (Å²) in [5, 5.41) is 0.322. The molecule has 1 aromatic carbocycles. The normalized spacial score (nSPS) is 12.0. The van der Waals surface area contributed by atoms with Crippen molar-refractivity contribution in [2.45, 2.75) is 24.8 Å². The zero-order valence-electron chi connectivity index (χ0n) is 10.3. The lowest BCUT2D eigenvalue weighted by molar-refractivity contribution is 0.0834. The molecule has 3 N–H and O–H groups in total. The minimum atomic E-state index is -3.65. The summed E-state index contributed by atoms with van der Waals surface area (Å²) in [6.07, 6.45) is 0.0609. The van der Waals surface area contributed by atoms with Crippen molar-refractivity contribution in [3.63, 3.8) is 0 Å². The maximum absolute atomic E-state index is 11.9. The minimum absolute atomic E-state index is 0.0143. The van der Waals surface area contributed by atoms with Gasteiger partial charge in [0, 0.05) is 11.6 Å². The standard InChI is InChI=1S/C11H17ClN2O3S/c1-8(2)17-6-5-14-18(15,16)11-7-9(12)3-4-10(11)13/h3-4,7-8,14H,5-6,13H2,1-2H3. The van der Waals surface area contributed by atoms with Crippen LogP contribution in [-0.4, -0.2) is 27.7 Å². The first-order valence-electron chi connectivity index (χ1n) is 5.49. The number of benzene rings is 1. The Morgan fingerprint density at radius 2 is 2.11 bits per heavy atom. The Hall–Kier alpha value is -0.820. The lowest BCUT2D eigenvalue weighted by Crippen LogP contribution is -2.28. The molecule has 1 aromatic rings. The van der Waals surface area contributed by atoms with Crippen molar-refractivity contribution in [2.75, 3.05) is 18.9 Å². The smallest absolute Gasteiger partial charge is 0.242 e. The van der Waals surface area contributed by atoms with E-state index in [1.165, 1.54) is 18.2 Å². The minimum Gasteiger partial charge on any atom is -0.398 e. The van der Waals surface area contributed by atoms with Crippen molar-refractivity contribution in [1.82, 2.24) is 4.72 Å². The van der Waals surface area contributed by atoms with Crippen LogP contribution in [-0.2, 0) is 14.8 Å². The highest BCUT2D eigenvalue weighted by atomic mass is 35.5. The second kappa shape index (κ2) is 6.38. The van der Waals surface area contributed by atoms with Gasteiger partial charge >= 0.3 is 0 Å².